The normalized spacial score (nSPS) is 11.9. The van der Waals surface area contributed by atoms with E-state index in [-0.39, 0.29) is 12.0 Å². The summed E-state index contributed by atoms with van der Waals surface area (Å²) in [5, 5.41) is 1.56. The molecule has 0 heterocycles. The Bertz CT molecular complexity index is 553. The Labute approximate surface area is 120 Å². The second kappa shape index (κ2) is 6.67. The third kappa shape index (κ3) is 5.26. The number of rotatable bonds is 4. The van der Waals surface area contributed by atoms with Crippen molar-refractivity contribution in [1.29, 1.82) is 0 Å². The Morgan fingerprint density at radius 3 is 2.14 bits per heavy atom. The van der Waals surface area contributed by atoms with Gasteiger partial charge in [0.05, 0.1) is 0 Å². The Morgan fingerprint density at radius 1 is 1.00 bits per heavy atom. The van der Waals surface area contributed by atoms with Gasteiger partial charge in [0, 0.05) is 6.54 Å². The van der Waals surface area contributed by atoms with E-state index in [1.807, 2.05) is 0 Å². The van der Waals surface area contributed by atoms with Crippen LogP contribution in [0.4, 0.5) is 26.3 Å². The van der Waals surface area contributed by atoms with E-state index in [1.165, 1.54) is 18.2 Å². The van der Waals surface area contributed by atoms with E-state index in [0.29, 0.717) is 0 Å². The molecule has 0 bridgehead atoms. The number of carbonyl (C=O) groups is 2. The van der Waals surface area contributed by atoms with E-state index >= 15 is 0 Å². The second-order valence-electron chi connectivity index (χ2n) is 4.00. The molecule has 22 heavy (non-hydrogen) atoms. The van der Waals surface area contributed by atoms with Crippen molar-refractivity contribution in [3.8, 4) is 5.75 Å². The van der Waals surface area contributed by atoms with Crippen LogP contribution in [0.5, 0.6) is 5.75 Å². The molecule has 1 aromatic carbocycles. The Kier molecular flexibility index (Phi) is 5.39. The molecule has 1 N–H and O–H groups in total. The van der Waals surface area contributed by atoms with E-state index in [9.17, 15) is 35.9 Å². The van der Waals surface area contributed by atoms with Gasteiger partial charge in [-0.15, -0.1) is 0 Å². The average molecular weight is 329 g/mol. The summed E-state index contributed by atoms with van der Waals surface area (Å²) < 4.78 is 76.3. The fourth-order valence-electron chi connectivity index (χ4n) is 1.38. The minimum Gasteiger partial charge on any atom is -0.420 e. The van der Waals surface area contributed by atoms with Crippen molar-refractivity contribution in [2.24, 2.45) is 0 Å². The standard InChI is InChI=1S/C12H9F6NO3/c13-11(14,15)9(20)19-6-5-7-3-1-2-4-8(7)22-10(21)12(16,17)18/h1-4H,5-6H2,(H,19,20). The molecule has 0 aliphatic heterocycles. The minimum absolute atomic E-state index is 0.0441. The topological polar surface area (TPSA) is 55.4 Å². The molecule has 0 aromatic heterocycles. The molecule has 0 atom stereocenters. The van der Waals surface area contributed by atoms with Gasteiger partial charge in [0.25, 0.3) is 0 Å². The lowest BCUT2D eigenvalue weighted by molar-refractivity contribution is -0.189. The lowest BCUT2D eigenvalue weighted by atomic mass is 10.1. The predicted molar refractivity (Wildman–Crippen MR) is 60.9 cm³/mol. The smallest absolute Gasteiger partial charge is 0.420 e. The van der Waals surface area contributed by atoms with Crippen molar-refractivity contribution in [2.75, 3.05) is 6.54 Å². The monoisotopic (exact) mass is 329 g/mol. The zero-order valence-corrected chi connectivity index (χ0v) is 10.7. The number of esters is 1. The molecule has 1 rings (SSSR count). The molecule has 0 radical (unpaired) electrons. The summed E-state index contributed by atoms with van der Waals surface area (Å²) >= 11 is 0. The van der Waals surface area contributed by atoms with Gasteiger partial charge < -0.3 is 10.1 Å². The van der Waals surface area contributed by atoms with Crippen LogP contribution in [-0.4, -0.2) is 30.8 Å². The van der Waals surface area contributed by atoms with Gasteiger partial charge in [0.15, 0.2) is 0 Å². The fraction of sp³-hybridized carbons (Fsp3) is 0.333. The number of hydrogen-bond acceptors (Lipinski definition) is 3. The number of carbonyl (C=O) groups excluding carboxylic acids is 2. The van der Waals surface area contributed by atoms with Gasteiger partial charge >= 0.3 is 24.2 Å². The number of amides is 1. The first-order chi connectivity index (χ1) is 10.0. The summed E-state index contributed by atoms with van der Waals surface area (Å²) in [5.74, 6) is -5.05. The molecule has 1 aromatic rings. The maximum absolute atomic E-state index is 12.1. The van der Waals surface area contributed by atoms with Crippen LogP contribution in [0.1, 0.15) is 5.56 Å². The van der Waals surface area contributed by atoms with E-state index in [4.69, 9.17) is 0 Å². The SMILES string of the molecule is O=C(NCCc1ccccc1OC(=O)C(F)(F)F)C(F)(F)F. The maximum atomic E-state index is 12.1. The lowest BCUT2D eigenvalue weighted by Crippen LogP contribution is -2.37. The van der Waals surface area contributed by atoms with E-state index in [0.717, 1.165) is 6.07 Å². The summed E-state index contributed by atoms with van der Waals surface area (Å²) in [6.45, 7) is -0.487. The van der Waals surface area contributed by atoms with Crippen molar-refractivity contribution in [3.63, 3.8) is 0 Å². The molecule has 0 aliphatic rings. The molecule has 10 heteroatoms. The van der Waals surface area contributed by atoms with E-state index < -0.39 is 36.5 Å². The number of hydrogen-bond donors (Lipinski definition) is 1. The number of benzene rings is 1. The minimum atomic E-state index is -5.20. The number of halogens is 6. The van der Waals surface area contributed by atoms with E-state index in [2.05, 4.69) is 4.74 Å². The first-order valence-electron chi connectivity index (χ1n) is 5.73. The molecule has 0 saturated carbocycles. The van der Waals surface area contributed by atoms with Gasteiger partial charge in [0.2, 0.25) is 0 Å². The molecule has 122 valence electrons. The number of para-hydroxylation sites is 1. The number of nitrogens with one attached hydrogen (secondary N) is 1. The van der Waals surface area contributed by atoms with Crippen LogP contribution in [0.15, 0.2) is 24.3 Å². The van der Waals surface area contributed by atoms with Gasteiger partial charge in [-0.25, -0.2) is 4.79 Å². The van der Waals surface area contributed by atoms with Crippen molar-refractivity contribution >= 4 is 11.9 Å². The summed E-state index contributed by atoms with van der Waals surface area (Å²) in [4.78, 5) is 21.3. The van der Waals surface area contributed by atoms with Crippen LogP contribution in [-0.2, 0) is 16.0 Å². The van der Waals surface area contributed by atoms with Crippen LogP contribution in [0, 0.1) is 0 Å². The van der Waals surface area contributed by atoms with Crippen molar-refractivity contribution in [2.45, 2.75) is 18.8 Å². The summed E-state index contributed by atoms with van der Waals surface area (Å²) in [6.07, 6.45) is -10.5. The molecule has 0 aliphatic carbocycles. The van der Waals surface area contributed by atoms with Crippen LogP contribution < -0.4 is 10.1 Å². The Morgan fingerprint density at radius 2 is 1.59 bits per heavy atom. The Hall–Kier alpha value is -2.26. The average Bonchev–Trinajstić information content (AvgIpc) is 2.38. The van der Waals surface area contributed by atoms with Gasteiger partial charge in [-0.1, -0.05) is 18.2 Å². The van der Waals surface area contributed by atoms with Crippen molar-refractivity contribution in [1.82, 2.24) is 5.32 Å². The third-order valence-electron chi connectivity index (χ3n) is 2.34. The maximum Gasteiger partial charge on any atom is 0.491 e. The lowest BCUT2D eigenvalue weighted by Gasteiger charge is -2.12. The molecule has 0 fully saturated rings. The molecule has 0 unspecified atom stereocenters. The summed E-state index contributed by atoms with van der Waals surface area (Å²) in [5.41, 5.74) is 0.0441. The highest BCUT2D eigenvalue weighted by Crippen LogP contribution is 2.23. The number of ether oxygens (including phenoxy) is 1. The zero-order chi connectivity index (χ0) is 17.0. The van der Waals surface area contributed by atoms with Crippen LogP contribution in [0.25, 0.3) is 0 Å². The number of alkyl halides is 6. The van der Waals surface area contributed by atoms with Crippen LogP contribution >= 0.6 is 0 Å². The van der Waals surface area contributed by atoms with E-state index in [1.54, 1.807) is 5.32 Å². The van der Waals surface area contributed by atoms with Crippen LogP contribution in [0.2, 0.25) is 0 Å². The third-order valence-corrected chi connectivity index (χ3v) is 2.34. The van der Waals surface area contributed by atoms with Gasteiger partial charge in [-0.3, -0.25) is 4.79 Å². The van der Waals surface area contributed by atoms with Crippen molar-refractivity contribution in [3.05, 3.63) is 29.8 Å². The quantitative estimate of drug-likeness (QED) is 0.524. The van der Waals surface area contributed by atoms with Gasteiger partial charge in [-0.2, -0.15) is 26.3 Å². The molecule has 0 spiro atoms. The zero-order valence-electron chi connectivity index (χ0n) is 10.7. The van der Waals surface area contributed by atoms with Gasteiger partial charge in [0.1, 0.15) is 5.75 Å². The van der Waals surface area contributed by atoms with Gasteiger partial charge in [-0.05, 0) is 18.1 Å². The summed E-state index contributed by atoms with van der Waals surface area (Å²) in [7, 11) is 0. The largest absolute Gasteiger partial charge is 0.491 e. The van der Waals surface area contributed by atoms with Crippen molar-refractivity contribution < 1.29 is 40.7 Å². The highest BCUT2D eigenvalue weighted by Gasteiger charge is 2.41. The predicted octanol–water partition coefficient (Wildman–Crippen LogP) is 2.38. The molecule has 4 nitrogen and oxygen atoms in total. The molecular formula is C12H9F6NO3. The highest BCUT2D eigenvalue weighted by atomic mass is 19.4. The first-order valence-corrected chi connectivity index (χ1v) is 5.73. The molecule has 0 saturated heterocycles. The second-order valence-corrected chi connectivity index (χ2v) is 4.00. The fourth-order valence-corrected chi connectivity index (χ4v) is 1.38. The molecule has 1 amide bonds. The Balaban J connectivity index is 2.69. The first kappa shape index (κ1) is 17.8. The highest BCUT2D eigenvalue weighted by molar-refractivity contribution is 5.81. The van der Waals surface area contributed by atoms with Crippen LogP contribution in [0.3, 0.4) is 0 Å². The molecular weight excluding hydrogens is 320 g/mol. The summed E-state index contributed by atoms with van der Waals surface area (Å²) in [6, 6.07) is 5.01.